The van der Waals surface area contributed by atoms with E-state index in [2.05, 4.69) is 15.2 Å². The van der Waals surface area contributed by atoms with Gasteiger partial charge in [0.05, 0.1) is 19.0 Å². The Morgan fingerprint density at radius 2 is 1.91 bits per heavy atom. The number of nitrogens with one attached hydrogen (secondary N) is 1. The van der Waals surface area contributed by atoms with Crippen molar-refractivity contribution < 1.29 is 19.0 Å². The predicted molar refractivity (Wildman–Crippen MR) is 124 cm³/mol. The molecular formula is C23H28N4O5S. The van der Waals surface area contributed by atoms with Crippen LogP contribution in [0.1, 0.15) is 24.1 Å². The molecule has 9 nitrogen and oxygen atoms in total. The molecule has 2 aliphatic heterocycles. The van der Waals surface area contributed by atoms with E-state index in [-0.39, 0.29) is 24.1 Å². The average molecular weight is 473 g/mol. The predicted octanol–water partition coefficient (Wildman–Crippen LogP) is 1.91. The number of morpholine rings is 1. The number of rotatable bonds is 7. The molecule has 1 aromatic carbocycles. The Labute approximate surface area is 196 Å². The van der Waals surface area contributed by atoms with Crippen molar-refractivity contribution in [3.05, 3.63) is 39.9 Å². The summed E-state index contributed by atoms with van der Waals surface area (Å²) >= 11 is 1.34. The fraction of sp³-hybridized carbons (Fsp3) is 0.522. The van der Waals surface area contributed by atoms with Crippen LogP contribution in [0.25, 0.3) is 0 Å². The van der Waals surface area contributed by atoms with Gasteiger partial charge in [0.15, 0.2) is 11.5 Å². The lowest BCUT2D eigenvalue weighted by Crippen LogP contribution is -2.40. The van der Waals surface area contributed by atoms with Crippen LogP contribution in [0.15, 0.2) is 28.0 Å². The quantitative estimate of drug-likeness (QED) is 0.483. The van der Waals surface area contributed by atoms with E-state index in [9.17, 15) is 9.59 Å². The summed E-state index contributed by atoms with van der Waals surface area (Å²) in [5.41, 5.74) is 2.65. The number of hydrogen-bond donors (Lipinski definition) is 1. The van der Waals surface area contributed by atoms with Crippen LogP contribution in [0.5, 0.6) is 11.5 Å². The first-order chi connectivity index (χ1) is 16.2. The van der Waals surface area contributed by atoms with Crippen molar-refractivity contribution in [3.63, 3.8) is 0 Å². The summed E-state index contributed by atoms with van der Waals surface area (Å²) in [6.45, 7) is 4.95. The fourth-order valence-electron chi connectivity index (χ4n) is 4.47. The van der Waals surface area contributed by atoms with Gasteiger partial charge in [-0.15, -0.1) is 0 Å². The van der Waals surface area contributed by atoms with E-state index in [0.717, 1.165) is 69.8 Å². The maximum absolute atomic E-state index is 12.9. The smallest absolute Gasteiger partial charge is 0.348 e. The summed E-state index contributed by atoms with van der Waals surface area (Å²) in [6, 6.07) is 5.31. The zero-order valence-electron chi connectivity index (χ0n) is 18.5. The Hall–Kier alpha value is -2.56. The summed E-state index contributed by atoms with van der Waals surface area (Å²) in [6.07, 6.45) is 3.93. The van der Waals surface area contributed by atoms with Crippen LogP contribution in [0.2, 0.25) is 0 Å². The van der Waals surface area contributed by atoms with Crippen LogP contribution < -0.4 is 20.5 Å². The molecule has 1 N–H and O–H groups in total. The van der Waals surface area contributed by atoms with Crippen LogP contribution in [0.4, 0.5) is 5.69 Å². The van der Waals surface area contributed by atoms with Crippen molar-refractivity contribution in [2.45, 2.75) is 37.3 Å². The SMILES string of the molecule is O=C(CSc1nc(=O)n(CCN2CCOCC2)c2c1CCCC2)Nc1ccc2c(c1)OCO2. The first kappa shape index (κ1) is 22.2. The second kappa shape index (κ2) is 10.1. The van der Waals surface area contributed by atoms with E-state index in [1.54, 1.807) is 18.2 Å². The Balaban J connectivity index is 1.25. The molecule has 1 saturated heterocycles. The van der Waals surface area contributed by atoms with E-state index in [0.29, 0.717) is 28.8 Å². The van der Waals surface area contributed by atoms with Gasteiger partial charge in [-0.2, -0.15) is 4.98 Å². The third-order valence-electron chi connectivity index (χ3n) is 6.19. The third-order valence-corrected chi connectivity index (χ3v) is 7.21. The van der Waals surface area contributed by atoms with Gasteiger partial charge >= 0.3 is 5.69 Å². The number of aromatic nitrogens is 2. The monoisotopic (exact) mass is 472 g/mol. The molecule has 0 saturated carbocycles. The van der Waals surface area contributed by atoms with Gasteiger partial charge in [-0.1, -0.05) is 11.8 Å². The summed E-state index contributed by atoms with van der Waals surface area (Å²) in [7, 11) is 0. The lowest BCUT2D eigenvalue weighted by atomic mass is 9.97. The minimum atomic E-state index is -0.220. The summed E-state index contributed by atoms with van der Waals surface area (Å²) in [5, 5.41) is 3.58. The number of amides is 1. The first-order valence-corrected chi connectivity index (χ1v) is 12.4. The van der Waals surface area contributed by atoms with Gasteiger partial charge in [0.1, 0.15) is 5.03 Å². The second-order valence-corrected chi connectivity index (χ2v) is 9.31. The number of carbonyl (C=O) groups is 1. The van der Waals surface area contributed by atoms with E-state index < -0.39 is 0 Å². The lowest BCUT2D eigenvalue weighted by Gasteiger charge is -2.28. The molecule has 0 unspecified atom stereocenters. The number of benzene rings is 1. The Bertz CT molecular complexity index is 1080. The second-order valence-electron chi connectivity index (χ2n) is 8.34. The highest BCUT2D eigenvalue weighted by atomic mass is 32.2. The topological polar surface area (TPSA) is 94.9 Å². The number of ether oxygens (including phenoxy) is 3. The van der Waals surface area contributed by atoms with Gasteiger partial charge in [0.25, 0.3) is 0 Å². The minimum absolute atomic E-state index is 0.151. The van der Waals surface area contributed by atoms with Crippen molar-refractivity contribution in [2.24, 2.45) is 0 Å². The van der Waals surface area contributed by atoms with Crippen LogP contribution in [-0.4, -0.2) is 65.8 Å². The molecule has 3 heterocycles. The van der Waals surface area contributed by atoms with Crippen LogP contribution in [0.3, 0.4) is 0 Å². The van der Waals surface area contributed by atoms with Gasteiger partial charge in [-0.05, 0) is 37.8 Å². The molecule has 0 bridgehead atoms. The normalized spacial score (nSPS) is 17.6. The number of carbonyl (C=O) groups excluding carboxylic acids is 1. The van der Waals surface area contributed by atoms with E-state index >= 15 is 0 Å². The average Bonchev–Trinajstić information content (AvgIpc) is 3.31. The standard InChI is InChI=1S/C23H28N4O5S/c28-21(24-16-5-6-19-20(13-16)32-15-31-19)14-33-22-17-3-1-2-4-18(17)27(23(29)25-22)8-7-26-9-11-30-12-10-26/h5-6,13H,1-4,7-12,14-15H2,(H,24,28). The van der Waals surface area contributed by atoms with Crippen molar-refractivity contribution in [1.29, 1.82) is 0 Å². The van der Waals surface area contributed by atoms with Crippen molar-refractivity contribution in [1.82, 2.24) is 14.5 Å². The number of hydrogen-bond acceptors (Lipinski definition) is 8. The van der Waals surface area contributed by atoms with Crippen LogP contribution >= 0.6 is 11.8 Å². The van der Waals surface area contributed by atoms with Gasteiger partial charge < -0.3 is 19.5 Å². The molecule has 176 valence electrons. The molecule has 0 atom stereocenters. The molecule has 1 fully saturated rings. The first-order valence-electron chi connectivity index (χ1n) is 11.4. The number of fused-ring (bicyclic) bond motifs is 2. The molecule has 10 heteroatoms. The maximum Gasteiger partial charge on any atom is 0.348 e. The van der Waals surface area contributed by atoms with Crippen LogP contribution in [0, 0.1) is 0 Å². The fourth-order valence-corrected chi connectivity index (χ4v) is 5.35. The summed E-state index contributed by atoms with van der Waals surface area (Å²) < 4.78 is 17.9. The highest BCUT2D eigenvalue weighted by Crippen LogP contribution is 2.34. The number of anilines is 1. The molecule has 0 radical (unpaired) electrons. The molecule has 0 spiro atoms. The van der Waals surface area contributed by atoms with Gasteiger partial charge in [0.2, 0.25) is 12.7 Å². The molecule has 1 amide bonds. The maximum atomic E-state index is 12.9. The molecule has 5 rings (SSSR count). The Kier molecular flexibility index (Phi) is 6.84. The highest BCUT2D eigenvalue weighted by Gasteiger charge is 2.22. The van der Waals surface area contributed by atoms with E-state index in [4.69, 9.17) is 14.2 Å². The highest BCUT2D eigenvalue weighted by molar-refractivity contribution is 8.00. The van der Waals surface area contributed by atoms with Crippen LogP contribution in [-0.2, 0) is 28.9 Å². The molecule has 1 aliphatic carbocycles. The van der Waals surface area contributed by atoms with Gasteiger partial charge in [-0.3, -0.25) is 14.3 Å². The van der Waals surface area contributed by atoms with Crippen molar-refractivity contribution in [3.8, 4) is 11.5 Å². The lowest BCUT2D eigenvalue weighted by molar-refractivity contribution is -0.113. The summed E-state index contributed by atoms with van der Waals surface area (Å²) in [4.78, 5) is 32.2. The number of nitrogens with zero attached hydrogens (tertiary/aromatic N) is 3. The van der Waals surface area contributed by atoms with Gasteiger partial charge in [-0.25, -0.2) is 4.79 Å². The Morgan fingerprint density at radius 1 is 1.09 bits per heavy atom. The third kappa shape index (κ3) is 5.18. The van der Waals surface area contributed by atoms with Crippen molar-refractivity contribution in [2.75, 3.05) is 50.7 Å². The minimum Gasteiger partial charge on any atom is -0.454 e. The number of thioether (sulfide) groups is 1. The Morgan fingerprint density at radius 3 is 2.79 bits per heavy atom. The zero-order chi connectivity index (χ0) is 22.6. The zero-order valence-corrected chi connectivity index (χ0v) is 19.3. The van der Waals surface area contributed by atoms with Crippen molar-refractivity contribution >= 4 is 23.4 Å². The van der Waals surface area contributed by atoms with Gasteiger partial charge in [0, 0.05) is 49.2 Å². The molecule has 33 heavy (non-hydrogen) atoms. The molecule has 3 aliphatic rings. The van der Waals surface area contributed by atoms with E-state index in [1.807, 2.05) is 4.57 Å². The molecule has 2 aromatic rings. The van der Waals surface area contributed by atoms with E-state index in [1.165, 1.54) is 11.8 Å². The largest absolute Gasteiger partial charge is 0.454 e. The molecule has 1 aromatic heterocycles. The molecular weight excluding hydrogens is 444 g/mol. The summed E-state index contributed by atoms with van der Waals surface area (Å²) in [5.74, 6) is 1.33.